The van der Waals surface area contributed by atoms with Gasteiger partial charge < -0.3 is 5.32 Å². The van der Waals surface area contributed by atoms with E-state index in [0.717, 1.165) is 0 Å². The van der Waals surface area contributed by atoms with Crippen molar-refractivity contribution in [1.82, 2.24) is 24.7 Å². The largest absolute Gasteiger partial charge is 0.306 e. The Labute approximate surface area is 222 Å². The van der Waals surface area contributed by atoms with Crippen molar-refractivity contribution >= 4 is 29.1 Å². The molecule has 0 spiro atoms. The van der Waals surface area contributed by atoms with Gasteiger partial charge in [0.2, 0.25) is 0 Å². The minimum Gasteiger partial charge on any atom is -0.306 e. The second kappa shape index (κ2) is 11.1. The van der Waals surface area contributed by atoms with Crippen LogP contribution in [-0.4, -0.2) is 36.4 Å². The zero-order chi connectivity index (χ0) is 26.5. The molecule has 0 bridgehead atoms. The first-order chi connectivity index (χ1) is 18.5. The molecule has 0 saturated heterocycles. The van der Waals surface area contributed by atoms with Crippen molar-refractivity contribution in [1.29, 1.82) is 0 Å². The van der Waals surface area contributed by atoms with Crippen LogP contribution in [0.25, 0.3) is 16.9 Å². The first-order valence-corrected chi connectivity index (χ1v) is 12.0. The lowest BCUT2D eigenvalue weighted by Gasteiger charge is -2.11. The molecule has 0 saturated carbocycles. The fourth-order valence-electron chi connectivity index (χ4n) is 3.83. The summed E-state index contributed by atoms with van der Waals surface area (Å²) >= 11 is 6.33. The molecule has 38 heavy (non-hydrogen) atoms. The molecular weight excluding hydrogens is 507 g/mol. The van der Waals surface area contributed by atoms with Crippen LogP contribution in [0.15, 0.2) is 91.5 Å². The number of aryl methyl sites for hydroxylation is 1. The van der Waals surface area contributed by atoms with Crippen LogP contribution in [0.5, 0.6) is 0 Å². The highest BCUT2D eigenvalue weighted by Crippen LogP contribution is 2.27. The van der Waals surface area contributed by atoms with Gasteiger partial charge in [0.1, 0.15) is 23.0 Å². The summed E-state index contributed by atoms with van der Waals surface area (Å²) in [5.74, 6) is -1.02. The summed E-state index contributed by atoms with van der Waals surface area (Å²) in [6, 6.07) is 17.9. The first kappa shape index (κ1) is 24.9. The van der Waals surface area contributed by atoms with Crippen LogP contribution in [0, 0.1) is 5.82 Å². The number of amides is 1. The fourth-order valence-corrected chi connectivity index (χ4v) is 4.03. The molecule has 1 N–H and O–H groups in total. The summed E-state index contributed by atoms with van der Waals surface area (Å²) in [7, 11) is 0. The maximum atomic E-state index is 14.3. The lowest BCUT2D eigenvalue weighted by molar-refractivity contribution is 0.0975. The van der Waals surface area contributed by atoms with Crippen molar-refractivity contribution in [2.75, 3.05) is 5.32 Å². The smallest absolute Gasteiger partial charge is 0.258 e. The minimum absolute atomic E-state index is 0.100. The SMILES string of the molecule is O=C(CCc1cnccn1)c1cc(NC(=O)c2cc(-c3ncccc3F)ccc2Cl)n(-c2ccccc2)n1. The number of pyridine rings is 1. The summed E-state index contributed by atoms with van der Waals surface area (Å²) in [6.07, 6.45) is 6.78. The number of carbonyl (C=O) groups is 2. The number of para-hydroxylation sites is 1. The molecule has 5 rings (SSSR count). The monoisotopic (exact) mass is 526 g/mol. The Morgan fingerprint density at radius 3 is 2.55 bits per heavy atom. The lowest BCUT2D eigenvalue weighted by Crippen LogP contribution is -2.15. The van der Waals surface area contributed by atoms with Crippen molar-refractivity contribution in [2.24, 2.45) is 0 Å². The highest BCUT2D eigenvalue weighted by atomic mass is 35.5. The van der Waals surface area contributed by atoms with Gasteiger partial charge in [0.25, 0.3) is 5.91 Å². The molecule has 3 heterocycles. The predicted molar refractivity (Wildman–Crippen MR) is 141 cm³/mol. The Hall–Kier alpha value is -4.76. The van der Waals surface area contributed by atoms with E-state index in [1.165, 1.54) is 41.2 Å². The summed E-state index contributed by atoms with van der Waals surface area (Å²) in [5.41, 5.74) is 2.13. The molecule has 10 heteroatoms. The molecule has 5 aromatic rings. The zero-order valence-corrected chi connectivity index (χ0v) is 20.6. The number of nitrogens with one attached hydrogen (secondary N) is 1. The summed E-state index contributed by atoms with van der Waals surface area (Å²) in [4.78, 5) is 38.6. The Morgan fingerprint density at radius 1 is 0.947 bits per heavy atom. The van der Waals surface area contributed by atoms with Crippen LogP contribution >= 0.6 is 11.6 Å². The molecule has 0 unspecified atom stereocenters. The minimum atomic E-state index is -0.552. The second-order valence-corrected chi connectivity index (χ2v) is 8.67. The fraction of sp³-hybridized carbons (Fsp3) is 0.0714. The molecular formula is C28H20ClFN6O2. The number of hydrogen-bond acceptors (Lipinski definition) is 6. The van der Waals surface area contributed by atoms with E-state index >= 15 is 0 Å². The van der Waals surface area contributed by atoms with Crippen molar-refractivity contribution < 1.29 is 14.0 Å². The average molecular weight is 527 g/mol. The van der Waals surface area contributed by atoms with E-state index in [1.807, 2.05) is 18.2 Å². The lowest BCUT2D eigenvalue weighted by atomic mass is 10.1. The van der Waals surface area contributed by atoms with Crippen molar-refractivity contribution in [3.63, 3.8) is 0 Å². The van der Waals surface area contributed by atoms with Gasteiger partial charge in [0, 0.05) is 42.8 Å². The van der Waals surface area contributed by atoms with Crippen LogP contribution in [0.3, 0.4) is 0 Å². The van der Waals surface area contributed by atoms with E-state index in [9.17, 15) is 14.0 Å². The Morgan fingerprint density at radius 2 is 1.79 bits per heavy atom. The number of carbonyl (C=O) groups excluding carboxylic acids is 2. The third kappa shape index (κ3) is 5.47. The number of halogens is 2. The molecule has 3 aromatic heterocycles. The number of hydrogen-bond donors (Lipinski definition) is 1. The highest BCUT2D eigenvalue weighted by Gasteiger charge is 2.20. The van der Waals surface area contributed by atoms with E-state index < -0.39 is 11.7 Å². The van der Waals surface area contributed by atoms with Crippen LogP contribution in [0.4, 0.5) is 10.2 Å². The Kier molecular flexibility index (Phi) is 7.28. The van der Waals surface area contributed by atoms with Gasteiger partial charge in [-0.1, -0.05) is 35.9 Å². The van der Waals surface area contributed by atoms with Crippen LogP contribution in [-0.2, 0) is 6.42 Å². The number of anilines is 1. The van der Waals surface area contributed by atoms with Gasteiger partial charge in [-0.3, -0.25) is 24.5 Å². The van der Waals surface area contributed by atoms with Crippen molar-refractivity contribution in [2.45, 2.75) is 12.8 Å². The highest BCUT2D eigenvalue weighted by molar-refractivity contribution is 6.34. The van der Waals surface area contributed by atoms with Crippen LogP contribution < -0.4 is 5.32 Å². The van der Waals surface area contributed by atoms with Gasteiger partial charge in [0.05, 0.1) is 22.0 Å². The molecule has 8 nitrogen and oxygen atoms in total. The quantitative estimate of drug-likeness (QED) is 0.265. The van der Waals surface area contributed by atoms with Crippen LogP contribution in [0.2, 0.25) is 5.02 Å². The number of Topliss-reactive ketones (excluding diaryl/α,β-unsaturated/α-hetero) is 1. The third-order valence-corrected chi connectivity index (χ3v) is 6.03. The summed E-state index contributed by atoms with van der Waals surface area (Å²) in [6.45, 7) is 0. The van der Waals surface area contributed by atoms with Gasteiger partial charge in [0.15, 0.2) is 5.78 Å². The average Bonchev–Trinajstić information content (AvgIpc) is 3.37. The standard InChI is InChI=1S/C28H20ClFN6O2/c29-22-10-8-18(27-23(30)7-4-12-33-27)15-21(22)28(38)34-26-16-24(35-36(26)20-5-2-1-3-6-20)25(37)11-9-19-17-31-13-14-32-19/h1-8,10,12-17H,9,11H2,(H,34,38). The van der Waals surface area contributed by atoms with E-state index in [1.54, 1.807) is 36.8 Å². The van der Waals surface area contributed by atoms with E-state index in [0.29, 0.717) is 23.4 Å². The molecule has 0 aliphatic carbocycles. The topological polar surface area (TPSA) is 103 Å². The Balaban J connectivity index is 1.44. The van der Waals surface area contributed by atoms with Gasteiger partial charge in [-0.2, -0.15) is 5.10 Å². The molecule has 2 aromatic carbocycles. The molecule has 0 atom stereocenters. The van der Waals surface area contributed by atoms with Crippen molar-refractivity contribution in [3.05, 3.63) is 119 Å². The zero-order valence-electron chi connectivity index (χ0n) is 19.9. The Bertz CT molecular complexity index is 1610. The summed E-state index contributed by atoms with van der Waals surface area (Å²) < 4.78 is 15.8. The molecule has 0 aliphatic rings. The van der Waals surface area contributed by atoms with Crippen molar-refractivity contribution in [3.8, 4) is 16.9 Å². The first-order valence-electron chi connectivity index (χ1n) is 11.6. The van der Waals surface area contributed by atoms with E-state index in [-0.39, 0.29) is 40.0 Å². The van der Waals surface area contributed by atoms with Gasteiger partial charge in [-0.25, -0.2) is 9.07 Å². The molecule has 188 valence electrons. The van der Waals surface area contributed by atoms with Gasteiger partial charge >= 0.3 is 0 Å². The number of ketones is 1. The number of aromatic nitrogens is 5. The number of benzene rings is 2. The number of rotatable bonds is 8. The molecule has 0 fully saturated rings. The summed E-state index contributed by atoms with van der Waals surface area (Å²) in [5, 5.41) is 7.43. The maximum absolute atomic E-state index is 14.3. The maximum Gasteiger partial charge on any atom is 0.258 e. The molecule has 0 aliphatic heterocycles. The molecule has 1 amide bonds. The second-order valence-electron chi connectivity index (χ2n) is 8.26. The third-order valence-electron chi connectivity index (χ3n) is 5.71. The van der Waals surface area contributed by atoms with E-state index in [4.69, 9.17) is 11.6 Å². The van der Waals surface area contributed by atoms with E-state index in [2.05, 4.69) is 25.4 Å². The normalized spacial score (nSPS) is 10.8. The van der Waals surface area contributed by atoms with Gasteiger partial charge in [-0.15, -0.1) is 0 Å². The molecule has 0 radical (unpaired) electrons. The number of nitrogens with zero attached hydrogens (tertiary/aromatic N) is 5. The van der Waals surface area contributed by atoms with Gasteiger partial charge in [-0.05, 0) is 42.8 Å². The predicted octanol–water partition coefficient (Wildman–Crippen LogP) is 5.58. The van der Waals surface area contributed by atoms with Crippen LogP contribution in [0.1, 0.15) is 33.0 Å².